The first-order valence-electron chi connectivity index (χ1n) is 6.69. The first-order valence-corrected chi connectivity index (χ1v) is 6.69. The van der Waals surface area contributed by atoms with Gasteiger partial charge in [-0.1, -0.05) is 13.8 Å². The fourth-order valence-corrected chi connectivity index (χ4v) is 0.969. The van der Waals surface area contributed by atoms with Crippen molar-refractivity contribution in [1.29, 1.82) is 0 Å². The highest BCUT2D eigenvalue weighted by atomic mass is 16.5. The lowest BCUT2D eigenvalue weighted by molar-refractivity contribution is -0.150. The minimum absolute atomic E-state index is 0.0481. The van der Waals surface area contributed by atoms with E-state index in [1.807, 2.05) is 0 Å². The summed E-state index contributed by atoms with van der Waals surface area (Å²) in [6.07, 6.45) is 0.579. The minimum atomic E-state index is -0.981. The van der Waals surface area contributed by atoms with Crippen LogP contribution in [0.3, 0.4) is 0 Å². The highest BCUT2D eigenvalue weighted by Crippen LogP contribution is 1.98. The van der Waals surface area contributed by atoms with Crippen LogP contribution in [0.25, 0.3) is 0 Å². The smallest absolute Gasteiger partial charge is 0.306 e. The molecule has 0 aromatic heterocycles. The van der Waals surface area contributed by atoms with Crippen molar-refractivity contribution < 1.29 is 29.0 Å². The molecule has 0 radical (unpaired) electrons. The van der Waals surface area contributed by atoms with Crippen LogP contribution < -0.4 is 0 Å². The zero-order chi connectivity index (χ0) is 16.1. The number of esters is 2. The molecule has 0 spiro atoms. The highest BCUT2D eigenvalue weighted by molar-refractivity contribution is 5.76. The minimum Gasteiger partial charge on any atom is -0.481 e. The van der Waals surface area contributed by atoms with Gasteiger partial charge >= 0.3 is 17.9 Å². The lowest BCUT2D eigenvalue weighted by Gasteiger charge is -2.05. The number of carbonyl (C=O) groups excluding carboxylic acids is 2. The molecule has 20 heavy (non-hydrogen) atoms. The Labute approximate surface area is 120 Å². The number of carboxylic acids is 1. The standard InChI is InChI=1S/C7H12O4.C7H14O2/c1-5(2)11-7(10)4-3-6(8)9;1-6(2)4-5-9-7(3)8/h5H,3-4H2,1-2H3,(H,8,9);6H,4-5H2,1-3H3. The Balaban J connectivity index is 0. The van der Waals surface area contributed by atoms with E-state index in [1.54, 1.807) is 13.8 Å². The fourth-order valence-electron chi connectivity index (χ4n) is 0.969. The van der Waals surface area contributed by atoms with Crippen molar-refractivity contribution in [3.63, 3.8) is 0 Å². The molecule has 0 fully saturated rings. The molecule has 0 rings (SSSR count). The molecule has 0 saturated heterocycles. The molecule has 0 aromatic rings. The number of carbonyl (C=O) groups is 3. The van der Waals surface area contributed by atoms with E-state index in [1.165, 1.54) is 6.92 Å². The summed E-state index contributed by atoms with van der Waals surface area (Å²) in [5.74, 6) is -1.01. The van der Waals surface area contributed by atoms with Crippen LogP contribution in [0.15, 0.2) is 0 Å². The summed E-state index contributed by atoms with van der Waals surface area (Å²) in [4.78, 5) is 30.9. The van der Waals surface area contributed by atoms with E-state index in [0.717, 1.165) is 6.42 Å². The Morgan fingerprint density at radius 1 is 1.05 bits per heavy atom. The van der Waals surface area contributed by atoms with E-state index >= 15 is 0 Å². The second-order valence-corrected chi connectivity index (χ2v) is 4.95. The van der Waals surface area contributed by atoms with Gasteiger partial charge in [0.15, 0.2) is 0 Å². The van der Waals surface area contributed by atoms with Crippen molar-refractivity contribution in [2.75, 3.05) is 6.61 Å². The van der Waals surface area contributed by atoms with Gasteiger partial charge in [0, 0.05) is 6.92 Å². The molecule has 0 unspecified atom stereocenters. The van der Waals surface area contributed by atoms with Gasteiger partial charge in [0.25, 0.3) is 0 Å². The first-order chi connectivity index (χ1) is 9.15. The monoisotopic (exact) mass is 290 g/mol. The third-order valence-electron chi connectivity index (χ3n) is 1.91. The van der Waals surface area contributed by atoms with Crippen LogP contribution in [-0.4, -0.2) is 35.7 Å². The lowest BCUT2D eigenvalue weighted by Crippen LogP contribution is -2.12. The summed E-state index contributed by atoms with van der Waals surface area (Å²) in [5.41, 5.74) is 0. The molecule has 0 amide bonds. The van der Waals surface area contributed by atoms with Gasteiger partial charge in [0.2, 0.25) is 0 Å². The maximum atomic E-state index is 10.7. The quantitative estimate of drug-likeness (QED) is 0.724. The number of hydrogen-bond donors (Lipinski definition) is 1. The summed E-state index contributed by atoms with van der Waals surface area (Å²) >= 11 is 0. The zero-order valence-corrected chi connectivity index (χ0v) is 13.0. The summed E-state index contributed by atoms with van der Waals surface area (Å²) < 4.78 is 9.41. The van der Waals surface area contributed by atoms with Crippen LogP contribution in [0.2, 0.25) is 0 Å². The van der Waals surface area contributed by atoms with Crippen LogP contribution in [-0.2, 0) is 23.9 Å². The molecule has 6 heteroatoms. The van der Waals surface area contributed by atoms with Crippen LogP contribution >= 0.6 is 0 Å². The molecular formula is C14H26O6. The van der Waals surface area contributed by atoms with Gasteiger partial charge in [-0.25, -0.2) is 0 Å². The SMILES string of the molecule is CC(=O)OCCC(C)C.CC(C)OC(=O)CCC(=O)O. The predicted octanol–water partition coefficient (Wildman–Crippen LogP) is 2.40. The molecule has 0 saturated carbocycles. The Morgan fingerprint density at radius 3 is 1.95 bits per heavy atom. The van der Waals surface area contributed by atoms with E-state index < -0.39 is 11.9 Å². The summed E-state index contributed by atoms with van der Waals surface area (Å²) in [6.45, 7) is 9.64. The Morgan fingerprint density at radius 2 is 1.60 bits per heavy atom. The summed E-state index contributed by atoms with van der Waals surface area (Å²) in [5, 5.41) is 8.19. The number of aliphatic carboxylic acids is 1. The lowest BCUT2D eigenvalue weighted by atomic mass is 10.1. The Kier molecular flexibility index (Phi) is 12.9. The van der Waals surface area contributed by atoms with Crippen LogP contribution in [0.4, 0.5) is 0 Å². The van der Waals surface area contributed by atoms with Gasteiger partial charge in [-0.2, -0.15) is 0 Å². The molecule has 0 heterocycles. The molecule has 0 aliphatic carbocycles. The average Bonchev–Trinajstić information content (AvgIpc) is 2.25. The van der Waals surface area contributed by atoms with Crippen molar-refractivity contribution in [2.24, 2.45) is 5.92 Å². The van der Waals surface area contributed by atoms with Crippen molar-refractivity contribution in [3.05, 3.63) is 0 Å². The average molecular weight is 290 g/mol. The molecule has 0 aliphatic rings. The molecule has 1 N–H and O–H groups in total. The molecule has 0 aliphatic heterocycles. The maximum Gasteiger partial charge on any atom is 0.306 e. The van der Waals surface area contributed by atoms with E-state index in [4.69, 9.17) is 14.6 Å². The van der Waals surface area contributed by atoms with Crippen LogP contribution in [0, 0.1) is 5.92 Å². The van der Waals surface area contributed by atoms with Crippen molar-refractivity contribution in [3.8, 4) is 0 Å². The summed E-state index contributed by atoms with van der Waals surface area (Å²) in [6, 6.07) is 0. The van der Waals surface area contributed by atoms with Crippen molar-refractivity contribution in [1.82, 2.24) is 0 Å². The van der Waals surface area contributed by atoms with Crippen LogP contribution in [0.5, 0.6) is 0 Å². The van der Waals surface area contributed by atoms with Gasteiger partial charge < -0.3 is 14.6 Å². The van der Waals surface area contributed by atoms with Gasteiger partial charge in [-0.05, 0) is 26.2 Å². The largest absolute Gasteiger partial charge is 0.481 e. The number of rotatable bonds is 7. The van der Waals surface area contributed by atoms with E-state index in [-0.39, 0.29) is 24.9 Å². The van der Waals surface area contributed by atoms with Crippen LogP contribution in [0.1, 0.15) is 53.9 Å². The third-order valence-corrected chi connectivity index (χ3v) is 1.91. The molecule has 6 nitrogen and oxygen atoms in total. The predicted molar refractivity (Wildman–Crippen MR) is 74.2 cm³/mol. The van der Waals surface area contributed by atoms with Gasteiger partial charge in [-0.3, -0.25) is 14.4 Å². The van der Waals surface area contributed by atoms with E-state index in [0.29, 0.717) is 12.5 Å². The van der Waals surface area contributed by atoms with E-state index in [2.05, 4.69) is 13.8 Å². The Hall–Kier alpha value is -1.59. The number of carboxylic acid groups (broad SMARTS) is 1. The maximum absolute atomic E-state index is 10.7. The highest BCUT2D eigenvalue weighted by Gasteiger charge is 2.07. The topological polar surface area (TPSA) is 89.9 Å². The molecule has 118 valence electrons. The molecule has 0 aromatic carbocycles. The Bertz CT molecular complexity index is 296. The van der Waals surface area contributed by atoms with E-state index in [9.17, 15) is 14.4 Å². The second-order valence-electron chi connectivity index (χ2n) is 4.95. The zero-order valence-electron chi connectivity index (χ0n) is 13.0. The van der Waals surface area contributed by atoms with Crippen molar-refractivity contribution >= 4 is 17.9 Å². The molecule has 0 bridgehead atoms. The van der Waals surface area contributed by atoms with Gasteiger partial charge in [-0.15, -0.1) is 0 Å². The third kappa shape index (κ3) is 21.7. The first kappa shape index (κ1) is 20.7. The summed E-state index contributed by atoms with van der Waals surface area (Å²) in [7, 11) is 0. The number of hydrogen-bond acceptors (Lipinski definition) is 5. The molecular weight excluding hydrogens is 264 g/mol. The molecule has 0 atom stereocenters. The number of ether oxygens (including phenoxy) is 2. The normalized spacial score (nSPS) is 9.75. The van der Waals surface area contributed by atoms with Gasteiger partial charge in [0.05, 0.1) is 25.6 Å². The second kappa shape index (κ2) is 12.4. The van der Waals surface area contributed by atoms with Crippen molar-refractivity contribution in [2.45, 2.75) is 60.0 Å². The van der Waals surface area contributed by atoms with Gasteiger partial charge in [0.1, 0.15) is 0 Å². The fraction of sp³-hybridized carbons (Fsp3) is 0.786.